The monoisotopic (exact) mass is 258 g/mol. The number of aromatic amines is 2. The highest BCUT2D eigenvalue weighted by Crippen LogP contribution is 2.35. The van der Waals surface area contributed by atoms with Crippen molar-refractivity contribution in [3.8, 4) is 0 Å². The molecule has 0 bridgehead atoms. The third-order valence-corrected chi connectivity index (χ3v) is 4.44. The molecule has 0 unspecified atom stereocenters. The second-order valence-corrected chi connectivity index (χ2v) is 5.54. The molecule has 2 aromatic carbocycles. The number of nitrogens with one attached hydrogen (secondary N) is 2. The summed E-state index contributed by atoms with van der Waals surface area (Å²) in [4.78, 5) is 7.18. The SMILES string of the molecule is C1=Cc2[nH]c3c(ccc4c5ccccc5[nH]c43)c2CC1. The maximum absolute atomic E-state index is 3.60. The van der Waals surface area contributed by atoms with Crippen LogP contribution < -0.4 is 0 Å². The van der Waals surface area contributed by atoms with E-state index in [2.05, 4.69) is 58.5 Å². The zero-order valence-corrected chi connectivity index (χ0v) is 11.0. The van der Waals surface area contributed by atoms with Gasteiger partial charge in [0.25, 0.3) is 0 Å². The second kappa shape index (κ2) is 3.54. The molecule has 0 saturated carbocycles. The number of allylic oxidation sites excluding steroid dienone is 1. The summed E-state index contributed by atoms with van der Waals surface area (Å²) in [7, 11) is 0. The van der Waals surface area contributed by atoms with Crippen LogP contribution in [0.4, 0.5) is 0 Å². The molecule has 0 amide bonds. The Labute approximate surface area is 116 Å². The average Bonchev–Trinajstić information content (AvgIpc) is 3.05. The van der Waals surface area contributed by atoms with E-state index in [9.17, 15) is 0 Å². The number of aromatic nitrogens is 2. The first-order valence-electron chi connectivity index (χ1n) is 7.12. The first kappa shape index (κ1) is 10.3. The Bertz CT molecular complexity index is 998. The number of para-hydroxylation sites is 1. The van der Waals surface area contributed by atoms with Crippen molar-refractivity contribution in [1.82, 2.24) is 9.97 Å². The molecule has 1 aliphatic rings. The van der Waals surface area contributed by atoms with Crippen molar-refractivity contribution in [3.05, 3.63) is 53.7 Å². The number of hydrogen-bond acceptors (Lipinski definition) is 0. The van der Waals surface area contributed by atoms with Crippen molar-refractivity contribution in [3.63, 3.8) is 0 Å². The van der Waals surface area contributed by atoms with Gasteiger partial charge in [0.2, 0.25) is 0 Å². The summed E-state index contributed by atoms with van der Waals surface area (Å²) in [5.41, 5.74) is 6.42. The van der Waals surface area contributed by atoms with Crippen LogP contribution in [-0.4, -0.2) is 9.97 Å². The van der Waals surface area contributed by atoms with Crippen LogP contribution in [0.2, 0.25) is 0 Å². The summed E-state index contributed by atoms with van der Waals surface area (Å²) in [6, 6.07) is 13.0. The summed E-state index contributed by atoms with van der Waals surface area (Å²) in [5, 5.41) is 3.96. The standard InChI is InChI=1S/C18H14N2/c1-3-7-15-11(5-1)13-9-10-14-12-6-2-4-8-16(12)20-18(14)17(13)19-15/h1,3-5,7-10,19-20H,2,6H2. The summed E-state index contributed by atoms with van der Waals surface area (Å²) in [5.74, 6) is 0. The molecule has 2 heterocycles. The van der Waals surface area contributed by atoms with E-state index in [1.54, 1.807) is 0 Å². The van der Waals surface area contributed by atoms with Crippen LogP contribution in [0.25, 0.3) is 38.8 Å². The zero-order valence-electron chi connectivity index (χ0n) is 11.0. The predicted molar refractivity (Wildman–Crippen MR) is 85.0 cm³/mol. The van der Waals surface area contributed by atoms with E-state index in [0.29, 0.717) is 0 Å². The molecule has 2 heteroatoms. The molecular formula is C18H14N2. The minimum atomic E-state index is 1.14. The number of fused-ring (bicyclic) bond motifs is 7. The van der Waals surface area contributed by atoms with Gasteiger partial charge in [0.05, 0.1) is 11.0 Å². The molecular weight excluding hydrogens is 244 g/mol. The zero-order chi connectivity index (χ0) is 13.1. The van der Waals surface area contributed by atoms with E-state index in [1.807, 2.05) is 0 Å². The molecule has 0 saturated heterocycles. The van der Waals surface area contributed by atoms with Crippen LogP contribution in [0.3, 0.4) is 0 Å². The normalized spacial score (nSPS) is 14.4. The van der Waals surface area contributed by atoms with Gasteiger partial charge in [-0.15, -0.1) is 0 Å². The van der Waals surface area contributed by atoms with E-state index in [4.69, 9.17) is 0 Å². The Morgan fingerprint density at radius 3 is 2.65 bits per heavy atom. The van der Waals surface area contributed by atoms with E-state index >= 15 is 0 Å². The van der Waals surface area contributed by atoms with Crippen LogP contribution in [0.15, 0.2) is 42.5 Å². The fourth-order valence-corrected chi connectivity index (χ4v) is 3.50. The quantitative estimate of drug-likeness (QED) is 0.455. The van der Waals surface area contributed by atoms with Crippen molar-refractivity contribution in [2.75, 3.05) is 0 Å². The Balaban J connectivity index is 2.01. The molecule has 0 spiro atoms. The lowest BCUT2D eigenvalue weighted by Crippen LogP contribution is -1.89. The molecule has 4 aromatic rings. The maximum atomic E-state index is 3.60. The Morgan fingerprint density at radius 1 is 0.800 bits per heavy atom. The van der Waals surface area contributed by atoms with Crippen molar-refractivity contribution < 1.29 is 0 Å². The lowest BCUT2D eigenvalue weighted by Gasteiger charge is -2.03. The fraction of sp³-hybridized carbons (Fsp3) is 0.111. The van der Waals surface area contributed by atoms with Crippen molar-refractivity contribution in [2.45, 2.75) is 12.8 Å². The Kier molecular flexibility index (Phi) is 1.83. The Morgan fingerprint density at radius 2 is 1.65 bits per heavy atom. The summed E-state index contributed by atoms with van der Waals surface area (Å²) in [6.07, 6.45) is 6.75. The van der Waals surface area contributed by atoms with Gasteiger partial charge in [-0.2, -0.15) is 0 Å². The maximum Gasteiger partial charge on any atom is 0.0710 e. The third-order valence-electron chi connectivity index (χ3n) is 4.44. The van der Waals surface area contributed by atoms with Crippen LogP contribution in [0.1, 0.15) is 17.7 Å². The van der Waals surface area contributed by atoms with Crippen LogP contribution in [0, 0.1) is 0 Å². The highest BCUT2D eigenvalue weighted by Gasteiger charge is 2.15. The smallest absolute Gasteiger partial charge is 0.0710 e. The molecule has 0 atom stereocenters. The molecule has 0 radical (unpaired) electrons. The topological polar surface area (TPSA) is 31.6 Å². The lowest BCUT2D eigenvalue weighted by molar-refractivity contribution is 0.992. The molecule has 2 N–H and O–H groups in total. The third kappa shape index (κ3) is 1.19. The van der Waals surface area contributed by atoms with Crippen molar-refractivity contribution in [1.29, 1.82) is 0 Å². The molecule has 2 nitrogen and oxygen atoms in total. The van der Waals surface area contributed by atoms with E-state index < -0.39 is 0 Å². The van der Waals surface area contributed by atoms with Crippen LogP contribution in [-0.2, 0) is 6.42 Å². The van der Waals surface area contributed by atoms with Gasteiger partial charge in [0, 0.05) is 27.4 Å². The summed E-state index contributed by atoms with van der Waals surface area (Å²) in [6.45, 7) is 0. The van der Waals surface area contributed by atoms with E-state index in [1.165, 1.54) is 44.0 Å². The number of hydrogen-bond donors (Lipinski definition) is 2. The molecule has 96 valence electrons. The van der Waals surface area contributed by atoms with E-state index in [-0.39, 0.29) is 0 Å². The number of rotatable bonds is 0. The predicted octanol–water partition coefficient (Wildman–Crippen LogP) is 4.76. The van der Waals surface area contributed by atoms with Gasteiger partial charge in [-0.1, -0.05) is 36.4 Å². The molecule has 0 aliphatic heterocycles. The van der Waals surface area contributed by atoms with E-state index in [0.717, 1.165) is 12.8 Å². The lowest BCUT2D eigenvalue weighted by atomic mass is 10.0. The van der Waals surface area contributed by atoms with Gasteiger partial charge in [0.15, 0.2) is 0 Å². The summed E-state index contributed by atoms with van der Waals surface area (Å²) >= 11 is 0. The first-order valence-corrected chi connectivity index (χ1v) is 7.12. The average molecular weight is 258 g/mol. The molecule has 2 aromatic heterocycles. The second-order valence-electron chi connectivity index (χ2n) is 5.54. The van der Waals surface area contributed by atoms with Gasteiger partial charge < -0.3 is 9.97 Å². The van der Waals surface area contributed by atoms with Gasteiger partial charge in [-0.3, -0.25) is 0 Å². The van der Waals surface area contributed by atoms with Crippen molar-refractivity contribution >= 4 is 38.8 Å². The number of benzene rings is 2. The highest BCUT2D eigenvalue weighted by atomic mass is 14.8. The van der Waals surface area contributed by atoms with Gasteiger partial charge in [-0.05, 0) is 30.5 Å². The van der Waals surface area contributed by atoms with Gasteiger partial charge in [0.1, 0.15) is 0 Å². The van der Waals surface area contributed by atoms with Gasteiger partial charge in [-0.25, -0.2) is 0 Å². The fourth-order valence-electron chi connectivity index (χ4n) is 3.50. The molecule has 20 heavy (non-hydrogen) atoms. The minimum absolute atomic E-state index is 1.14. The molecule has 0 fully saturated rings. The van der Waals surface area contributed by atoms with Crippen molar-refractivity contribution in [2.24, 2.45) is 0 Å². The Hall–Kier alpha value is -2.48. The van der Waals surface area contributed by atoms with Crippen LogP contribution >= 0.6 is 0 Å². The number of H-pyrrole nitrogens is 2. The number of aryl methyl sites for hydroxylation is 1. The minimum Gasteiger partial charge on any atom is -0.353 e. The highest BCUT2D eigenvalue weighted by molar-refractivity contribution is 6.16. The first-order chi connectivity index (χ1) is 9.92. The van der Waals surface area contributed by atoms with Crippen LogP contribution in [0.5, 0.6) is 0 Å². The molecule has 5 rings (SSSR count). The van der Waals surface area contributed by atoms with Gasteiger partial charge >= 0.3 is 0 Å². The molecule has 1 aliphatic carbocycles. The largest absolute Gasteiger partial charge is 0.353 e. The summed E-state index contributed by atoms with van der Waals surface area (Å²) < 4.78 is 0.